The van der Waals surface area contributed by atoms with E-state index < -0.39 is 0 Å². The molecule has 16 aromatic heterocycles. The van der Waals surface area contributed by atoms with Gasteiger partial charge in [-0.25, -0.2) is 0 Å². The van der Waals surface area contributed by atoms with Gasteiger partial charge in [0, 0.05) is 169 Å². The Morgan fingerprint density at radius 2 is 0.591 bits per heavy atom. The number of hydrogen-bond donors (Lipinski definition) is 0. The summed E-state index contributed by atoms with van der Waals surface area (Å²) in [7, 11) is 1.74. The highest BCUT2D eigenvalue weighted by Gasteiger charge is 2.19. The van der Waals surface area contributed by atoms with E-state index >= 15 is 0 Å². The molecule has 562 valence electrons. The maximum absolute atomic E-state index is 12.4. The van der Waals surface area contributed by atoms with Gasteiger partial charge >= 0.3 is 0 Å². The smallest absolute Gasteiger partial charge is 0.251 e. The number of nitrogens with zero attached hydrogens (tertiary/aromatic N) is 20. The van der Waals surface area contributed by atoms with Gasteiger partial charge in [-0.15, -0.1) is 40.8 Å². The van der Waals surface area contributed by atoms with Gasteiger partial charge in [-0.1, -0.05) is 93.1 Å². The van der Waals surface area contributed by atoms with Gasteiger partial charge in [0.2, 0.25) is 0 Å². The van der Waals surface area contributed by atoms with Crippen LogP contribution in [-0.2, 0) is 20.1 Å². The summed E-state index contributed by atoms with van der Waals surface area (Å²) in [5.41, 5.74) is 17.8. The Balaban J connectivity index is 0.000000111. The van der Waals surface area contributed by atoms with Crippen LogP contribution in [-0.4, -0.2) is 96.6 Å². The third kappa shape index (κ3) is 14.6. The molecule has 0 amide bonds. The van der Waals surface area contributed by atoms with Crippen molar-refractivity contribution >= 4 is 66.2 Å². The Morgan fingerprint density at radius 1 is 0.296 bits per heavy atom. The van der Waals surface area contributed by atoms with E-state index in [9.17, 15) is 19.2 Å². The lowest BCUT2D eigenvalue weighted by Gasteiger charge is -2.10. The summed E-state index contributed by atoms with van der Waals surface area (Å²) >= 11 is 0. The normalized spacial score (nSPS) is 11.4. The number of unbranched alkanes of at least 4 members (excludes halogenated alkanes) is 1. The second kappa shape index (κ2) is 31.6. The quantitative estimate of drug-likeness (QED) is 0.0980. The van der Waals surface area contributed by atoms with Crippen LogP contribution in [0.4, 0.5) is 0 Å². The van der Waals surface area contributed by atoms with Crippen molar-refractivity contribution in [1.82, 2.24) is 96.6 Å². The molecule has 0 spiro atoms. The number of para-hydroxylation sites is 4. The molecule has 115 heavy (non-hydrogen) atoms. The van der Waals surface area contributed by atoms with Crippen molar-refractivity contribution in [3.8, 4) is 90.1 Å². The average Bonchev–Trinajstić information content (AvgIpc) is 1.67. The van der Waals surface area contributed by atoms with Crippen LogP contribution in [0.3, 0.4) is 0 Å². The number of rotatable bonds is 14. The van der Waals surface area contributed by atoms with Gasteiger partial charge in [0.05, 0.1) is 22.1 Å². The summed E-state index contributed by atoms with van der Waals surface area (Å²) in [4.78, 5) is 66.7. The highest BCUT2D eigenvalue weighted by molar-refractivity contribution is 5.96. The molecule has 20 rings (SSSR count). The molecule has 20 aromatic rings. The third-order valence-electron chi connectivity index (χ3n) is 20.4. The summed E-state index contributed by atoms with van der Waals surface area (Å²) in [5.74, 6) is 3.06. The maximum atomic E-state index is 12.4. The minimum atomic E-state index is -0.0437. The molecule has 0 aliphatic rings. The van der Waals surface area contributed by atoms with Crippen molar-refractivity contribution in [2.75, 3.05) is 0 Å². The van der Waals surface area contributed by atoms with Gasteiger partial charge < -0.3 is 18.3 Å². The zero-order chi connectivity index (χ0) is 78.6. The zero-order valence-corrected chi connectivity index (χ0v) is 63.4. The average molecular weight is 1510 g/mol. The largest absolute Gasteiger partial charge is 0.319 e. The van der Waals surface area contributed by atoms with Crippen molar-refractivity contribution in [2.45, 2.75) is 66.1 Å². The molecule has 24 heteroatoms. The first-order valence-corrected chi connectivity index (χ1v) is 37.9. The van der Waals surface area contributed by atoms with E-state index in [4.69, 9.17) is 0 Å². The first-order chi connectivity index (χ1) is 56.3. The van der Waals surface area contributed by atoms with Crippen LogP contribution in [0.1, 0.15) is 53.0 Å². The van der Waals surface area contributed by atoms with Crippen molar-refractivity contribution in [3.63, 3.8) is 0 Å². The van der Waals surface area contributed by atoms with Crippen molar-refractivity contribution in [2.24, 2.45) is 7.05 Å². The minimum Gasteiger partial charge on any atom is -0.319 e. The lowest BCUT2D eigenvalue weighted by atomic mass is 10.1. The lowest BCUT2D eigenvalue weighted by molar-refractivity contribution is 0.579. The van der Waals surface area contributed by atoms with Gasteiger partial charge in [0.15, 0.2) is 45.9 Å². The Labute approximate surface area is 656 Å². The first-order valence-electron chi connectivity index (χ1n) is 37.9. The van der Waals surface area contributed by atoms with Crippen molar-refractivity contribution in [3.05, 3.63) is 334 Å². The van der Waals surface area contributed by atoms with Crippen LogP contribution in [0.25, 0.3) is 156 Å². The molecule has 0 aliphatic carbocycles. The summed E-state index contributed by atoms with van der Waals surface area (Å²) in [6.45, 7) is 9.65. The van der Waals surface area contributed by atoms with Gasteiger partial charge in [-0.3, -0.25) is 56.7 Å². The second-order valence-corrected chi connectivity index (χ2v) is 28.0. The number of hydrogen-bond acceptors (Lipinski definition) is 16. The molecule has 0 atom stereocenters. The number of aryl methyl sites for hydroxylation is 3. The molecule has 0 saturated carbocycles. The van der Waals surface area contributed by atoms with E-state index in [-0.39, 0.29) is 28.3 Å². The van der Waals surface area contributed by atoms with E-state index in [0.29, 0.717) is 0 Å². The Bertz CT molecular complexity index is 7310. The topological polar surface area (TPSA) is 260 Å². The molecule has 0 saturated heterocycles. The minimum absolute atomic E-state index is 0.00892. The number of benzene rings is 4. The van der Waals surface area contributed by atoms with Crippen LogP contribution in [0.15, 0.2) is 312 Å². The predicted octanol–water partition coefficient (Wildman–Crippen LogP) is 16.4. The summed E-state index contributed by atoms with van der Waals surface area (Å²) in [6.07, 6.45) is 25.3. The monoisotopic (exact) mass is 1510 g/mol. The first kappa shape index (κ1) is 72.6. The van der Waals surface area contributed by atoms with Crippen LogP contribution in [0.2, 0.25) is 0 Å². The fraction of sp³-hybridized carbons (Fsp3) is 0.121. The van der Waals surface area contributed by atoms with Gasteiger partial charge in [0.25, 0.3) is 22.2 Å². The zero-order valence-electron chi connectivity index (χ0n) is 63.4. The van der Waals surface area contributed by atoms with E-state index in [2.05, 4.69) is 74.6 Å². The van der Waals surface area contributed by atoms with Gasteiger partial charge in [-0.05, 0) is 193 Å². The number of aromatic nitrogens is 20. The van der Waals surface area contributed by atoms with Gasteiger partial charge in [0.1, 0.15) is 0 Å². The lowest BCUT2D eigenvalue weighted by Crippen LogP contribution is -2.20. The van der Waals surface area contributed by atoms with Crippen LogP contribution >= 0.6 is 0 Å². The molecule has 16 heterocycles. The standard InChI is InChI=1S/C24H21N5O.2C23H19N5O.C21H15N5O/c1-2-3-12-28-13-9-18(16-23(28)30)17-10-14-29-22(15-17)26-27-24(29)20-8-11-25-21-7-5-4-6-19(20)21;1-15(2)27-11-8-17(14-22(27)29)16-9-12-28-21(13-16)25-26-23(28)19-7-10-24-20-6-4-3-5-18(19)20;1-2-11-27-12-8-17(15-22(27)29)16-9-13-28-21(14-16)25-26-23(28)19-7-10-24-20-6-4-3-5-18(19)20;1-25-10-7-15(13-20(25)27)14-8-11-26-19(12-14)23-24-21(26)17-6-9-22-18-5-3-2-4-16(17)18/h4-11,13-16H,2-3,12H2,1H3;3-15H,1-2H3;3-10,12-15H,2,11H2,1H3;2-13H,1H3. The molecular weight excluding hydrogens is 1440 g/mol. The van der Waals surface area contributed by atoms with Crippen molar-refractivity contribution < 1.29 is 0 Å². The second-order valence-electron chi connectivity index (χ2n) is 28.0. The van der Waals surface area contributed by atoms with Crippen LogP contribution in [0.5, 0.6) is 0 Å². The molecule has 0 fully saturated rings. The number of fused-ring (bicyclic) bond motifs is 8. The van der Waals surface area contributed by atoms with Crippen molar-refractivity contribution in [1.29, 1.82) is 0 Å². The molecule has 0 radical (unpaired) electrons. The summed E-state index contributed by atoms with van der Waals surface area (Å²) in [6, 6.07) is 70.2. The van der Waals surface area contributed by atoms with Crippen LogP contribution in [0, 0.1) is 0 Å². The highest BCUT2D eigenvalue weighted by Crippen LogP contribution is 2.34. The van der Waals surface area contributed by atoms with E-state index in [0.717, 1.165) is 189 Å². The number of pyridine rings is 12. The third-order valence-corrected chi connectivity index (χ3v) is 20.4. The fourth-order valence-corrected chi connectivity index (χ4v) is 14.3. The molecular formula is C91H74N20O4. The van der Waals surface area contributed by atoms with E-state index in [1.54, 1.807) is 80.6 Å². The highest BCUT2D eigenvalue weighted by atomic mass is 16.1. The van der Waals surface area contributed by atoms with Crippen LogP contribution < -0.4 is 22.2 Å². The van der Waals surface area contributed by atoms with E-state index in [1.807, 2.05) is 269 Å². The van der Waals surface area contributed by atoms with Gasteiger partial charge in [-0.2, -0.15) is 0 Å². The SMILES string of the molecule is CC(C)n1ccc(-c2ccn3c(-c4ccnc5ccccc45)nnc3c2)cc1=O.CCCCn1ccc(-c2ccn3c(-c4ccnc5ccccc45)nnc3c2)cc1=O.CCCn1ccc(-c2ccn3c(-c4ccnc5ccccc45)nnc3c2)cc1=O.Cn1ccc(-c2ccn3c(-c4ccnc5ccccc45)nnc3c2)cc1=O. The summed E-state index contributed by atoms with van der Waals surface area (Å²) in [5, 5.41) is 39.3. The molecule has 0 N–H and O–H groups in total. The molecule has 0 aliphatic heterocycles. The maximum Gasteiger partial charge on any atom is 0.251 e. The summed E-state index contributed by atoms with van der Waals surface area (Å²) < 4.78 is 14.6. The Morgan fingerprint density at radius 3 is 0.904 bits per heavy atom. The molecule has 0 bridgehead atoms. The Kier molecular flexibility index (Phi) is 20.0. The molecule has 4 aromatic carbocycles. The predicted molar refractivity (Wildman–Crippen MR) is 450 cm³/mol. The fourth-order valence-electron chi connectivity index (χ4n) is 14.3. The Hall–Kier alpha value is -15.2. The molecule has 0 unspecified atom stereocenters. The molecule has 24 nitrogen and oxygen atoms in total. The van der Waals surface area contributed by atoms with E-state index in [1.165, 1.54) is 0 Å².